The minimum atomic E-state index is -3.67. The van der Waals surface area contributed by atoms with E-state index in [1.807, 2.05) is 0 Å². The molecule has 0 unspecified atom stereocenters. The van der Waals surface area contributed by atoms with E-state index < -0.39 is 47.7 Å². The van der Waals surface area contributed by atoms with Crippen LogP contribution in [0.4, 0.5) is 26.7 Å². The summed E-state index contributed by atoms with van der Waals surface area (Å²) in [6, 6.07) is -1.55. The van der Waals surface area contributed by atoms with Crippen molar-refractivity contribution in [3.8, 4) is 0 Å². The lowest BCUT2D eigenvalue weighted by atomic mass is 9.99. The van der Waals surface area contributed by atoms with Crippen molar-refractivity contribution in [1.82, 2.24) is 5.32 Å². The Labute approximate surface area is 97.5 Å². The Bertz CT molecular complexity index is 505. The number of halogens is 5. The Morgan fingerprint density at radius 2 is 1.94 bits per heavy atom. The van der Waals surface area contributed by atoms with Gasteiger partial charge in [0.15, 0.2) is 18.2 Å². The van der Waals surface area contributed by atoms with Crippen molar-refractivity contribution >= 4 is 6.09 Å². The molecule has 1 aliphatic heterocycles. The van der Waals surface area contributed by atoms with Crippen LogP contribution in [0, 0.1) is 17.5 Å². The van der Waals surface area contributed by atoms with Gasteiger partial charge in [0.2, 0.25) is 0 Å². The summed E-state index contributed by atoms with van der Waals surface area (Å²) in [5, 5.41) is 1.63. The van der Waals surface area contributed by atoms with Crippen LogP contribution in [0.15, 0.2) is 12.1 Å². The summed E-state index contributed by atoms with van der Waals surface area (Å²) >= 11 is 0. The molecule has 0 bridgehead atoms. The monoisotopic (exact) mass is 267 g/mol. The van der Waals surface area contributed by atoms with Crippen molar-refractivity contribution in [2.45, 2.75) is 12.0 Å². The predicted molar refractivity (Wildman–Crippen MR) is 48.5 cm³/mol. The van der Waals surface area contributed by atoms with Crippen molar-refractivity contribution in [3.05, 3.63) is 35.1 Å². The molecule has 0 aliphatic carbocycles. The molecule has 0 aromatic heterocycles. The third-order valence-corrected chi connectivity index (χ3v) is 2.41. The van der Waals surface area contributed by atoms with Crippen LogP contribution in [0.2, 0.25) is 0 Å². The molecule has 0 spiro atoms. The Balaban J connectivity index is 2.49. The zero-order valence-corrected chi connectivity index (χ0v) is 8.65. The molecule has 1 aromatic rings. The number of benzene rings is 1. The summed E-state index contributed by atoms with van der Waals surface area (Å²) in [6.07, 6.45) is -1.21. The smallest absolute Gasteiger partial charge is 0.408 e. The highest BCUT2D eigenvalue weighted by Gasteiger charge is 2.48. The fourth-order valence-corrected chi connectivity index (χ4v) is 1.60. The van der Waals surface area contributed by atoms with E-state index in [0.29, 0.717) is 6.07 Å². The number of alkyl halides is 2. The molecule has 0 saturated carbocycles. The van der Waals surface area contributed by atoms with Crippen molar-refractivity contribution in [2.24, 2.45) is 0 Å². The molecule has 1 aromatic carbocycles. The van der Waals surface area contributed by atoms with E-state index in [1.165, 1.54) is 0 Å². The summed E-state index contributed by atoms with van der Waals surface area (Å²) in [4.78, 5) is 10.8. The summed E-state index contributed by atoms with van der Waals surface area (Å²) in [7, 11) is 0. The Kier molecular flexibility index (Phi) is 2.88. The first-order valence-electron chi connectivity index (χ1n) is 4.77. The topological polar surface area (TPSA) is 38.3 Å². The molecule has 1 heterocycles. The van der Waals surface area contributed by atoms with E-state index in [4.69, 9.17) is 0 Å². The fraction of sp³-hybridized carbons (Fsp3) is 0.300. The second-order valence-corrected chi connectivity index (χ2v) is 3.71. The number of amides is 1. The number of nitrogens with one attached hydrogen (secondary N) is 1. The van der Waals surface area contributed by atoms with E-state index >= 15 is 0 Å². The van der Waals surface area contributed by atoms with Gasteiger partial charge in [-0.2, -0.15) is 0 Å². The highest BCUT2D eigenvalue weighted by atomic mass is 19.3. The second-order valence-electron chi connectivity index (χ2n) is 3.71. The van der Waals surface area contributed by atoms with Gasteiger partial charge in [0.25, 0.3) is 0 Å². The average Bonchev–Trinajstić information content (AvgIpc) is 2.27. The maximum atomic E-state index is 13.4. The van der Waals surface area contributed by atoms with Crippen LogP contribution >= 0.6 is 0 Å². The summed E-state index contributed by atoms with van der Waals surface area (Å²) in [5.74, 6) is -8.14. The van der Waals surface area contributed by atoms with Gasteiger partial charge in [-0.05, 0) is 6.07 Å². The third-order valence-electron chi connectivity index (χ3n) is 2.41. The zero-order chi connectivity index (χ0) is 13.5. The molecule has 1 fully saturated rings. The van der Waals surface area contributed by atoms with Crippen molar-refractivity contribution in [3.63, 3.8) is 0 Å². The molecular formula is C10H6F5NO2. The zero-order valence-electron chi connectivity index (χ0n) is 8.65. The lowest BCUT2D eigenvalue weighted by Gasteiger charge is -2.31. The quantitative estimate of drug-likeness (QED) is 0.627. The van der Waals surface area contributed by atoms with E-state index in [9.17, 15) is 26.7 Å². The largest absolute Gasteiger partial charge is 0.443 e. The van der Waals surface area contributed by atoms with E-state index in [2.05, 4.69) is 4.74 Å². The Morgan fingerprint density at radius 1 is 1.28 bits per heavy atom. The normalized spacial score (nSPS) is 22.3. The minimum absolute atomic E-state index is 0.220. The molecule has 3 nitrogen and oxygen atoms in total. The van der Waals surface area contributed by atoms with Gasteiger partial charge in [-0.1, -0.05) is 0 Å². The molecule has 1 saturated heterocycles. The van der Waals surface area contributed by atoms with E-state index in [1.54, 1.807) is 5.32 Å². The first-order valence-corrected chi connectivity index (χ1v) is 4.77. The molecule has 2 rings (SSSR count). The molecule has 18 heavy (non-hydrogen) atoms. The van der Waals surface area contributed by atoms with Gasteiger partial charge in [0.05, 0.1) is 0 Å². The Morgan fingerprint density at radius 3 is 2.61 bits per heavy atom. The van der Waals surface area contributed by atoms with Crippen molar-refractivity contribution in [1.29, 1.82) is 0 Å². The lowest BCUT2D eigenvalue weighted by Crippen LogP contribution is -2.50. The van der Waals surface area contributed by atoms with Crippen molar-refractivity contribution in [2.75, 3.05) is 6.61 Å². The number of carbonyl (C=O) groups excluding carboxylic acids is 1. The van der Waals surface area contributed by atoms with Crippen LogP contribution in [0.25, 0.3) is 0 Å². The van der Waals surface area contributed by atoms with Crippen LogP contribution in [-0.4, -0.2) is 18.6 Å². The highest BCUT2D eigenvalue weighted by Crippen LogP contribution is 2.36. The average molecular weight is 267 g/mol. The molecule has 0 radical (unpaired) electrons. The number of hydrogen-bond donors (Lipinski definition) is 1. The molecule has 1 N–H and O–H groups in total. The number of rotatable bonds is 1. The highest BCUT2D eigenvalue weighted by molar-refractivity contribution is 5.69. The van der Waals surface area contributed by atoms with Gasteiger partial charge in [-0.25, -0.2) is 26.7 Å². The SMILES string of the molecule is O=C1N[C@@H](c2cc(F)cc(F)c2F)C(F)(F)CO1. The molecule has 1 amide bonds. The van der Waals surface area contributed by atoms with Gasteiger partial charge >= 0.3 is 12.0 Å². The van der Waals surface area contributed by atoms with E-state index in [0.717, 1.165) is 0 Å². The molecule has 1 atom stereocenters. The molecule has 8 heteroatoms. The minimum Gasteiger partial charge on any atom is -0.443 e. The number of cyclic esters (lactones) is 1. The second kappa shape index (κ2) is 4.11. The number of hydrogen-bond acceptors (Lipinski definition) is 2. The van der Waals surface area contributed by atoms with Gasteiger partial charge in [0.1, 0.15) is 11.9 Å². The van der Waals surface area contributed by atoms with Gasteiger partial charge in [0, 0.05) is 11.6 Å². The fourth-order valence-electron chi connectivity index (χ4n) is 1.60. The van der Waals surface area contributed by atoms with Gasteiger partial charge < -0.3 is 10.1 Å². The van der Waals surface area contributed by atoms with Crippen molar-refractivity contribution < 1.29 is 31.5 Å². The summed E-state index contributed by atoms with van der Waals surface area (Å²) in [5.41, 5.74) is -0.964. The van der Waals surface area contributed by atoms with E-state index in [-0.39, 0.29) is 6.07 Å². The van der Waals surface area contributed by atoms with Crippen LogP contribution in [-0.2, 0) is 4.74 Å². The number of ether oxygens (including phenoxy) is 1. The molecule has 1 aliphatic rings. The number of carbonyl (C=O) groups is 1. The first kappa shape index (κ1) is 12.6. The van der Waals surface area contributed by atoms with Gasteiger partial charge in [-0.3, -0.25) is 0 Å². The summed E-state index contributed by atoms with van der Waals surface area (Å²) < 4.78 is 70.1. The maximum absolute atomic E-state index is 13.4. The molecule has 98 valence electrons. The molecular weight excluding hydrogens is 261 g/mol. The van der Waals surface area contributed by atoms with Crippen LogP contribution < -0.4 is 5.32 Å². The first-order chi connectivity index (χ1) is 8.31. The number of alkyl carbamates (subject to hydrolysis) is 1. The maximum Gasteiger partial charge on any atom is 0.408 e. The van der Waals surface area contributed by atoms with Crippen LogP contribution in [0.5, 0.6) is 0 Å². The lowest BCUT2D eigenvalue weighted by molar-refractivity contribution is -0.105. The van der Waals surface area contributed by atoms with Crippen LogP contribution in [0.1, 0.15) is 11.6 Å². The predicted octanol–water partition coefficient (Wildman–Crippen LogP) is 2.52. The van der Waals surface area contributed by atoms with Gasteiger partial charge in [-0.15, -0.1) is 0 Å². The van der Waals surface area contributed by atoms with Crippen LogP contribution in [0.3, 0.4) is 0 Å². The Hall–Kier alpha value is -1.86. The standard InChI is InChI=1S/C10H6F5NO2/c11-4-1-5(7(13)6(12)2-4)8-10(14,15)3-18-9(17)16-8/h1-2,8H,3H2,(H,16,17)/t8-/m0/s1. The third kappa shape index (κ3) is 2.09. The summed E-state index contributed by atoms with van der Waals surface area (Å²) in [6.45, 7) is -1.29.